The van der Waals surface area contributed by atoms with Gasteiger partial charge in [0.05, 0.1) is 0 Å². The van der Waals surface area contributed by atoms with E-state index in [2.05, 4.69) is 18.1 Å². The number of rotatable bonds is 1. The van der Waals surface area contributed by atoms with Crippen LogP contribution in [0.15, 0.2) is 0 Å². The molecule has 0 aromatic carbocycles. The fraction of sp³-hybridized carbons (Fsp3) is 1.00. The Morgan fingerprint density at radius 2 is 1.11 bits per heavy atom. The van der Waals surface area contributed by atoms with Gasteiger partial charge in [0, 0.05) is 0 Å². The number of alkyl halides is 1. The molecule has 0 amide bonds. The lowest BCUT2D eigenvalue weighted by atomic mass is 9.93. The summed E-state index contributed by atoms with van der Waals surface area (Å²) in [5.74, 6) is -12.3. The molecule has 5 aliphatic rings. The van der Waals surface area contributed by atoms with Crippen LogP contribution in [0.4, 0.5) is 0 Å². The summed E-state index contributed by atoms with van der Waals surface area (Å²) in [5.41, 5.74) is 0. The largest absolute Gasteiger partial charge is 0.357 e. The molecular formula is C5H5ClO11P2. The molecule has 5 fully saturated rings. The van der Waals surface area contributed by atoms with Crippen LogP contribution in [0.1, 0.15) is 0 Å². The van der Waals surface area contributed by atoms with E-state index in [1.807, 2.05) is 0 Å². The van der Waals surface area contributed by atoms with Crippen molar-refractivity contribution in [1.29, 1.82) is 0 Å². The van der Waals surface area contributed by atoms with E-state index in [0.717, 1.165) is 0 Å². The summed E-state index contributed by atoms with van der Waals surface area (Å²) >= 11 is 5.45. The van der Waals surface area contributed by atoms with Gasteiger partial charge in [-0.15, -0.1) is 0 Å². The minimum Gasteiger partial charge on any atom is -0.356 e. The molecule has 19 heavy (non-hydrogen) atoms. The van der Waals surface area contributed by atoms with Crippen molar-refractivity contribution in [2.24, 2.45) is 0 Å². The molecule has 0 aromatic rings. The van der Waals surface area contributed by atoms with Gasteiger partial charge in [-0.2, -0.15) is 0 Å². The summed E-state index contributed by atoms with van der Waals surface area (Å²) in [4.78, 5) is 0. The standard InChI is InChI=1S/C5H5ClO11P2/c6-4(10)2(8)1(7,12-18(13-2)15-4)3(9)5(11)16-19(14-3)17-5/h7-11H/t1-,2-,3+,4?,5?,18?,19?/m0/s1. The Bertz CT molecular complexity index is 470. The average molecular weight is 338 g/mol. The lowest BCUT2D eigenvalue weighted by Gasteiger charge is -2.46. The van der Waals surface area contributed by atoms with Crippen LogP contribution in [-0.2, 0) is 27.1 Å². The van der Waals surface area contributed by atoms with Crippen molar-refractivity contribution in [3.8, 4) is 0 Å². The second kappa shape index (κ2) is 3.22. The molecule has 0 aliphatic carbocycles. The van der Waals surface area contributed by atoms with E-state index >= 15 is 0 Å². The zero-order valence-electron chi connectivity index (χ0n) is 8.46. The van der Waals surface area contributed by atoms with Crippen LogP contribution in [-0.4, -0.2) is 54.1 Å². The maximum Gasteiger partial charge on any atom is 0.357 e. The van der Waals surface area contributed by atoms with Gasteiger partial charge in [0.15, 0.2) is 0 Å². The highest BCUT2D eigenvalue weighted by Crippen LogP contribution is 2.79. The predicted molar refractivity (Wildman–Crippen MR) is 51.0 cm³/mol. The molecule has 4 bridgehead atoms. The van der Waals surface area contributed by atoms with E-state index < -0.39 is 45.8 Å². The first-order valence-electron chi connectivity index (χ1n) is 4.63. The lowest BCUT2D eigenvalue weighted by Crippen LogP contribution is -2.78. The topological polar surface area (TPSA) is 157 Å². The SMILES string of the molecule is OC12OP(O1)O[C@]2(O)[C@@]1(O)OP2OC(O)(Cl)[C@@]1(O)O2. The molecule has 108 valence electrons. The van der Waals surface area contributed by atoms with Crippen LogP contribution < -0.4 is 0 Å². The van der Waals surface area contributed by atoms with Gasteiger partial charge < -0.3 is 25.5 Å². The molecular weight excluding hydrogens is 333 g/mol. The maximum absolute atomic E-state index is 10.3. The summed E-state index contributed by atoms with van der Waals surface area (Å²) in [6.07, 6.45) is 0. The molecule has 0 aromatic heterocycles. The molecule has 2 unspecified atom stereocenters. The van der Waals surface area contributed by atoms with Crippen LogP contribution in [0, 0.1) is 0 Å². The monoisotopic (exact) mass is 338 g/mol. The van der Waals surface area contributed by atoms with Crippen molar-refractivity contribution in [1.82, 2.24) is 0 Å². The van der Waals surface area contributed by atoms with E-state index in [4.69, 9.17) is 20.6 Å². The fourth-order valence-corrected chi connectivity index (χ4v) is 4.87. The molecule has 0 saturated carbocycles. The van der Waals surface area contributed by atoms with Gasteiger partial charge in [-0.1, -0.05) is 11.6 Å². The van der Waals surface area contributed by atoms with Gasteiger partial charge in [-0.25, -0.2) is 9.05 Å². The molecule has 0 spiro atoms. The quantitative estimate of drug-likeness (QED) is 0.271. The molecule has 5 rings (SSSR count). The van der Waals surface area contributed by atoms with E-state index in [-0.39, 0.29) is 0 Å². The van der Waals surface area contributed by atoms with Crippen molar-refractivity contribution >= 4 is 28.8 Å². The maximum atomic E-state index is 10.3. The van der Waals surface area contributed by atoms with Gasteiger partial charge in [0.25, 0.3) is 5.79 Å². The summed E-state index contributed by atoms with van der Waals surface area (Å²) < 4.78 is 27.9. The zero-order chi connectivity index (χ0) is 13.9. The van der Waals surface area contributed by atoms with Gasteiger partial charge in [0.2, 0.25) is 0 Å². The predicted octanol–water partition coefficient (Wildman–Crippen LogP) is -1.81. The second-order valence-electron chi connectivity index (χ2n) is 4.07. The third kappa shape index (κ3) is 1.17. The molecule has 5 atom stereocenters. The van der Waals surface area contributed by atoms with Crippen LogP contribution >= 0.6 is 28.8 Å². The molecule has 5 heterocycles. The number of hydrogen-bond donors (Lipinski definition) is 5. The highest BCUT2D eigenvalue weighted by molar-refractivity contribution is 7.43. The Morgan fingerprint density at radius 1 is 0.632 bits per heavy atom. The van der Waals surface area contributed by atoms with Crippen molar-refractivity contribution in [3.05, 3.63) is 0 Å². The van der Waals surface area contributed by atoms with E-state index in [0.29, 0.717) is 0 Å². The van der Waals surface area contributed by atoms with Gasteiger partial charge in [-0.05, 0) is 0 Å². The lowest BCUT2D eigenvalue weighted by molar-refractivity contribution is -0.500. The number of aliphatic hydroxyl groups is 5. The highest BCUT2D eigenvalue weighted by Gasteiger charge is 2.94. The molecule has 0 radical (unpaired) electrons. The van der Waals surface area contributed by atoms with Gasteiger partial charge >= 0.3 is 40.0 Å². The first-order valence-corrected chi connectivity index (χ1v) is 7.20. The molecule has 11 nitrogen and oxygen atoms in total. The summed E-state index contributed by atoms with van der Waals surface area (Å²) in [7, 11) is -4.63. The highest BCUT2D eigenvalue weighted by atomic mass is 35.5. The normalized spacial score (nSPS) is 70.4. The van der Waals surface area contributed by atoms with Crippen LogP contribution in [0.3, 0.4) is 0 Å². The van der Waals surface area contributed by atoms with Crippen molar-refractivity contribution in [2.75, 3.05) is 0 Å². The number of hydrogen-bond acceptors (Lipinski definition) is 11. The Labute approximate surface area is 111 Å². The van der Waals surface area contributed by atoms with Crippen molar-refractivity contribution in [3.63, 3.8) is 0 Å². The van der Waals surface area contributed by atoms with Crippen LogP contribution in [0.25, 0.3) is 0 Å². The zero-order valence-corrected chi connectivity index (χ0v) is 11.0. The van der Waals surface area contributed by atoms with Crippen LogP contribution in [0.2, 0.25) is 0 Å². The third-order valence-corrected chi connectivity index (χ3v) is 5.86. The van der Waals surface area contributed by atoms with Crippen molar-refractivity contribution < 1.29 is 52.7 Å². The molecule has 14 heteroatoms. The minimum atomic E-state index is -3.22. The second-order valence-corrected chi connectivity index (χ2v) is 6.57. The van der Waals surface area contributed by atoms with E-state index in [9.17, 15) is 25.5 Å². The summed E-state index contributed by atoms with van der Waals surface area (Å²) in [6, 6.07) is 0. The third-order valence-electron chi connectivity index (χ3n) is 2.98. The molecule has 5 saturated heterocycles. The Hall–Kier alpha value is 0.710. The Kier molecular flexibility index (Phi) is 2.27. The van der Waals surface area contributed by atoms with Crippen LogP contribution in [0.5, 0.6) is 0 Å². The summed E-state index contributed by atoms with van der Waals surface area (Å²) in [5, 5.41) is 47.1. The Morgan fingerprint density at radius 3 is 1.53 bits per heavy atom. The molecule has 5 N–H and O–H groups in total. The minimum absolute atomic E-state index is 2.13. The average Bonchev–Trinajstić information content (AvgIpc) is 2.78. The summed E-state index contributed by atoms with van der Waals surface area (Å²) in [6.45, 7) is 0. The van der Waals surface area contributed by atoms with Crippen molar-refractivity contribution in [2.45, 2.75) is 28.6 Å². The molecule has 5 aliphatic heterocycles. The number of halogens is 1. The van der Waals surface area contributed by atoms with Gasteiger partial charge in [-0.3, -0.25) is 18.1 Å². The number of fused-ring (bicyclic) bond motifs is 3. The smallest absolute Gasteiger partial charge is 0.356 e. The Balaban J connectivity index is 1.83. The van der Waals surface area contributed by atoms with E-state index in [1.165, 1.54) is 0 Å². The van der Waals surface area contributed by atoms with Gasteiger partial charge in [0.1, 0.15) is 0 Å². The van der Waals surface area contributed by atoms with E-state index in [1.54, 1.807) is 0 Å². The first-order chi connectivity index (χ1) is 8.57. The first kappa shape index (κ1) is 13.4. The fourth-order valence-electron chi connectivity index (χ4n) is 1.92.